The van der Waals surface area contributed by atoms with Gasteiger partial charge in [0.25, 0.3) is 0 Å². The molecule has 1 aliphatic rings. The highest BCUT2D eigenvalue weighted by atomic mass is 19.3. The van der Waals surface area contributed by atoms with Crippen LogP contribution in [-0.2, 0) is 11.2 Å². The molecule has 168 valence electrons. The summed E-state index contributed by atoms with van der Waals surface area (Å²) in [5.74, 6) is -0.748. The van der Waals surface area contributed by atoms with Crippen molar-refractivity contribution in [1.82, 2.24) is 19.5 Å². The summed E-state index contributed by atoms with van der Waals surface area (Å²) in [5.41, 5.74) is 1.57. The van der Waals surface area contributed by atoms with Crippen molar-refractivity contribution in [2.45, 2.75) is 38.7 Å². The van der Waals surface area contributed by atoms with Crippen LogP contribution in [0.25, 0.3) is 5.69 Å². The standard InChI is InChI=1S/C22H22F3N5O2/c1-13(17-10-29(12-27-17)16-5-3-15(23)4-6-16)9-19-26-8-7-20(28-19)30-18(11-32-22(30)31)14(2)21(24)25/h3-8,10,12-14,18,21H,9,11H2,1-2H3/t13-,14-,18-/m1/s1. The molecule has 7 nitrogen and oxygen atoms in total. The molecule has 0 radical (unpaired) electrons. The average molecular weight is 445 g/mol. The molecule has 0 N–H and O–H groups in total. The first-order chi connectivity index (χ1) is 15.3. The topological polar surface area (TPSA) is 73.1 Å². The minimum Gasteiger partial charge on any atom is -0.447 e. The summed E-state index contributed by atoms with van der Waals surface area (Å²) >= 11 is 0. The third-order valence-corrected chi connectivity index (χ3v) is 5.57. The van der Waals surface area contributed by atoms with Crippen molar-refractivity contribution in [1.29, 1.82) is 0 Å². The Balaban J connectivity index is 1.50. The number of ether oxygens (including phenoxy) is 1. The van der Waals surface area contributed by atoms with Gasteiger partial charge in [-0.15, -0.1) is 0 Å². The SMILES string of the molecule is C[C@H](Cc1nccc(N2C(=O)OC[C@@H]2[C@@H](C)C(F)F)n1)c1cn(-c2ccc(F)cc2)cn1. The van der Waals surface area contributed by atoms with E-state index >= 15 is 0 Å². The number of alkyl halides is 2. The van der Waals surface area contributed by atoms with E-state index in [4.69, 9.17) is 4.74 Å². The van der Waals surface area contributed by atoms with E-state index in [1.165, 1.54) is 36.2 Å². The smallest absolute Gasteiger partial charge is 0.415 e. The maximum absolute atomic E-state index is 13.2. The molecule has 1 aromatic carbocycles. The molecule has 4 rings (SSSR count). The minimum absolute atomic E-state index is 0.0618. The Morgan fingerprint density at radius 3 is 2.62 bits per heavy atom. The van der Waals surface area contributed by atoms with Gasteiger partial charge < -0.3 is 9.30 Å². The third kappa shape index (κ3) is 4.44. The molecule has 1 fully saturated rings. The number of nitrogens with zero attached hydrogens (tertiary/aromatic N) is 5. The van der Waals surface area contributed by atoms with Crippen LogP contribution in [0.5, 0.6) is 0 Å². The Labute approximate surface area is 182 Å². The first-order valence-corrected chi connectivity index (χ1v) is 10.2. The van der Waals surface area contributed by atoms with Gasteiger partial charge in [-0.05, 0) is 30.3 Å². The molecule has 0 bridgehead atoms. The number of amides is 1. The summed E-state index contributed by atoms with van der Waals surface area (Å²) in [6.07, 6.45) is 2.13. The van der Waals surface area contributed by atoms with E-state index < -0.39 is 24.5 Å². The van der Waals surface area contributed by atoms with E-state index in [0.29, 0.717) is 12.2 Å². The highest BCUT2D eigenvalue weighted by molar-refractivity contribution is 5.89. The van der Waals surface area contributed by atoms with Gasteiger partial charge in [-0.1, -0.05) is 13.8 Å². The lowest BCUT2D eigenvalue weighted by molar-refractivity contribution is 0.0685. The van der Waals surface area contributed by atoms with Gasteiger partial charge in [0, 0.05) is 36.3 Å². The van der Waals surface area contributed by atoms with Crippen LogP contribution in [0.15, 0.2) is 49.1 Å². The lowest BCUT2D eigenvalue weighted by atomic mass is 10.0. The fraction of sp³-hybridized carbons (Fsp3) is 0.364. The highest BCUT2D eigenvalue weighted by Gasteiger charge is 2.41. The molecular weight excluding hydrogens is 423 g/mol. The van der Waals surface area contributed by atoms with Gasteiger partial charge in [-0.2, -0.15) is 0 Å². The summed E-state index contributed by atoms with van der Waals surface area (Å²) < 4.78 is 46.4. The van der Waals surface area contributed by atoms with Crippen molar-refractivity contribution in [3.63, 3.8) is 0 Å². The molecule has 3 heterocycles. The average Bonchev–Trinajstić information content (AvgIpc) is 3.41. The zero-order valence-corrected chi connectivity index (χ0v) is 17.5. The first kappa shape index (κ1) is 21.8. The van der Waals surface area contributed by atoms with E-state index in [0.717, 1.165) is 11.4 Å². The van der Waals surface area contributed by atoms with Crippen LogP contribution in [0, 0.1) is 11.7 Å². The number of aromatic nitrogens is 4. The van der Waals surface area contributed by atoms with Gasteiger partial charge in [0.1, 0.15) is 24.1 Å². The second kappa shape index (κ2) is 8.97. The van der Waals surface area contributed by atoms with Gasteiger partial charge >= 0.3 is 6.09 Å². The van der Waals surface area contributed by atoms with Crippen molar-refractivity contribution in [3.05, 3.63) is 66.4 Å². The molecule has 0 saturated carbocycles. The normalized spacial score (nSPS) is 18.1. The van der Waals surface area contributed by atoms with Crippen molar-refractivity contribution in [3.8, 4) is 5.69 Å². The number of carbonyl (C=O) groups is 1. The van der Waals surface area contributed by atoms with Crippen LogP contribution in [0.3, 0.4) is 0 Å². The molecule has 0 unspecified atom stereocenters. The third-order valence-electron chi connectivity index (χ3n) is 5.57. The van der Waals surface area contributed by atoms with Crippen LogP contribution in [0.2, 0.25) is 0 Å². The Morgan fingerprint density at radius 2 is 1.91 bits per heavy atom. The first-order valence-electron chi connectivity index (χ1n) is 10.2. The van der Waals surface area contributed by atoms with Gasteiger partial charge in [0.2, 0.25) is 6.43 Å². The van der Waals surface area contributed by atoms with E-state index in [9.17, 15) is 18.0 Å². The summed E-state index contributed by atoms with van der Waals surface area (Å²) in [4.78, 5) is 26.5. The molecule has 3 aromatic rings. The molecule has 0 spiro atoms. The van der Waals surface area contributed by atoms with Gasteiger partial charge in [0.05, 0.1) is 18.1 Å². The number of anilines is 1. The summed E-state index contributed by atoms with van der Waals surface area (Å²) in [6, 6.07) is 6.78. The molecule has 2 aromatic heterocycles. The van der Waals surface area contributed by atoms with E-state index in [1.807, 2.05) is 13.1 Å². The number of hydrogen-bond acceptors (Lipinski definition) is 5. The molecule has 1 saturated heterocycles. The number of rotatable bonds is 7. The summed E-state index contributed by atoms with van der Waals surface area (Å²) in [7, 11) is 0. The van der Waals surface area contributed by atoms with Gasteiger partial charge in [-0.25, -0.2) is 32.9 Å². The van der Waals surface area contributed by atoms with Crippen LogP contribution < -0.4 is 4.90 Å². The fourth-order valence-electron chi connectivity index (χ4n) is 3.60. The largest absolute Gasteiger partial charge is 0.447 e. The molecular formula is C22H22F3N5O2. The number of imidazole rings is 1. The molecule has 1 amide bonds. The lowest BCUT2D eigenvalue weighted by Crippen LogP contribution is -2.41. The van der Waals surface area contributed by atoms with Crippen LogP contribution in [-0.4, -0.2) is 44.7 Å². The van der Waals surface area contributed by atoms with Crippen LogP contribution >= 0.6 is 0 Å². The van der Waals surface area contributed by atoms with Crippen molar-refractivity contribution in [2.75, 3.05) is 11.5 Å². The Kier molecular flexibility index (Phi) is 6.11. The number of hydrogen-bond donors (Lipinski definition) is 0. The van der Waals surface area contributed by atoms with E-state index in [-0.39, 0.29) is 24.2 Å². The zero-order chi connectivity index (χ0) is 22.8. The molecule has 32 heavy (non-hydrogen) atoms. The van der Waals surface area contributed by atoms with E-state index in [2.05, 4.69) is 15.0 Å². The second-order valence-electron chi connectivity index (χ2n) is 7.83. The second-order valence-corrected chi connectivity index (χ2v) is 7.83. The van der Waals surface area contributed by atoms with Crippen molar-refractivity contribution in [2.24, 2.45) is 5.92 Å². The van der Waals surface area contributed by atoms with Crippen molar-refractivity contribution >= 4 is 11.9 Å². The molecule has 1 aliphatic heterocycles. The Morgan fingerprint density at radius 1 is 1.16 bits per heavy atom. The maximum atomic E-state index is 13.2. The summed E-state index contributed by atoms with van der Waals surface area (Å²) in [5, 5.41) is 0. The maximum Gasteiger partial charge on any atom is 0.415 e. The number of cyclic esters (lactones) is 1. The van der Waals surface area contributed by atoms with Crippen LogP contribution in [0.4, 0.5) is 23.8 Å². The predicted octanol–water partition coefficient (Wildman–Crippen LogP) is 4.37. The minimum atomic E-state index is -2.59. The Hall–Kier alpha value is -3.43. The Bertz CT molecular complexity index is 1090. The van der Waals surface area contributed by atoms with Crippen molar-refractivity contribution < 1.29 is 22.7 Å². The molecule has 10 heteroatoms. The number of benzene rings is 1. The predicted molar refractivity (Wildman–Crippen MR) is 110 cm³/mol. The van der Waals surface area contributed by atoms with Gasteiger partial charge in [0.15, 0.2) is 0 Å². The van der Waals surface area contributed by atoms with Crippen LogP contribution in [0.1, 0.15) is 31.3 Å². The highest BCUT2D eigenvalue weighted by Crippen LogP contribution is 2.29. The zero-order valence-electron chi connectivity index (χ0n) is 17.5. The number of halogens is 3. The van der Waals surface area contributed by atoms with Gasteiger partial charge in [-0.3, -0.25) is 4.90 Å². The monoisotopic (exact) mass is 445 g/mol. The quantitative estimate of drug-likeness (QED) is 0.540. The summed E-state index contributed by atoms with van der Waals surface area (Å²) in [6.45, 7) is 3.23. The fourth-order valence-corrected chi connectivity index (χ4v) is 3.60. The molecule has 0 aliphatic carbocycles. The van der Waals surface area contributed by atoms with E-state index in [1.54, 1.807) is 23.0 Å². The lowest BCUT2D eigenvalue weighted by Gasteiger charge is -2.25. The number of carbonyl (C=O) groups excluding carboxylic acids is 1. The molecule has 3 atom stereocenters.